The minimum absolute atomic E-state index is 0.0104. The van der Waals surface area contributed by atoms with Crippen molar-refractivity contribution in [3.05, 3.63) is 12.4 Å². The van der Waals surface area contributed by atoms with Crippen LogP contribution in [0.25, 0.3) is 0 Å². The van der Waals surface area contributed by atoms with Gasteiger partial charge in [0, 0.05) is 31.3 Å². The molecule has 0 saturated heterocycles. The molecular weight excluding hydrogens is 302 g/mol. The summed E-state index contributed by atoms with van der Waals surface area (Å²) in [7, 11) is -1.78. The molecule has 1 N–H and O–H groups in total. The van der Waals surface area contributed by atoms with E-state index in [1.165, 1.54) is 23.5 Å². The van der Waals surface area contributed by atoms with Crippen LogP contribution in [0.2, 0.25) is 0 Å². The van der Waals surface area contributed by atoms with Crippen LogP contribution in [0.15, 0.2) is 17.3 Å². The maximum absolute atomic E-state index is 12.5. The average Bonchev–Trinajstić information content (AvgIpc) is 2.94. The topological polar surface area (TPSA) is 73.2 Å². The molecule has 22 heavy (non-hydrogen) atoms. The molecule has 3 rings (SSSR count). The smallest absolute Gasteiger partial charge is 0.243 e. The zero-order valence-corrected chi connectivity index (χ0v) is 14.1. The Labute approximate surface area is 132 Å². The van der Waals surface area contributed by atoms with Gasteiger partial charge in [-0.25, -0.2) is 13.1 Å². The lowest BCUT2D eigenvalue weighted by Gasteiger charge is -2.57. The molecule has 2 saturated carbocycles. The van der Waals surface area contributed by atoms with Crippen LogP contribution in [-0.2, 0) is 21.8 Å². The van der Waals surface area contributed by atoms with Gasteiger partial charge in [0.15, 0.2) is 0 Å². The van der Waals surface area contributed by atoms with Crippen LogP contribution >= 0.6 is 0 Å². The summed E-state index contributed by atoms with van der Waals surface area (Å²) in [5.74, 6) is 0. The number of hydrogen-bond donors (Lipinski definition) is 1. The Morgan fingerprint density at radius 2 is 2.14 bits per heavy atom. The average molecular weight is 327 g/mol. The van der Waals surface area contributed by atoms with Gasteiger partial charge in [0.05, 0.1) is 12.3 Å². The molecular formula is C15H25N3O3S. The van der Waals surface area contributed by atoms with Gasteiger partial charge in [0.25, 0.3) is 0 Å². The van der Waals surface area contributed by atoms with Crippen LogP contribution in [0.5, 0.6) is 0 Å². The summed E-state index contributed by atoms with van der Waals surface area (Å²) in [5, 5.41) is 3.96. The first-order chi connectivity index (χ1) is 10.5. The summed E-state index contributed by atoms with van der Waals surface area (Å²) in [4.78, 5) is 0.237. The monoisotopic (exact) mass is 327 g/mol. The lowest BCUT2D eigenvalue weighted by Crippen LogP contribution is -2.65. The fourth-order valence-electron chi connectivity index (χ4n) is 4.02. The fraction of sp³-hybridized carbons (Fsp3) is 0.800. The Balaban J connectivity index is 1.77. The lowest BCUT2D eigenvalue weighted by atomic mass is 9.55. The minimum atomic E-state index is -3.50. The van der Waals surface area contributed by atoms with Crippen LogP contribution in [0, 0.1) is 5.41 Å². The number of hydrogen-bond acceptors (Lipinski definition) is 4. The molecule has 2 aliphatic carbocycles. The van der Waals surface area contributed by atoms with Gasteiger partial charge in [-0.15, -0.1) is 0 Å². The Hall–Kier alpha value is -0.920. The maximum Gasteiger partial charge on any atom is 0.243 e. The van der Waals surface area contributed by atoms with Crippen LogP contribution in [0.1, 0.15) is 45.4 Å². The summed E-state index contributed by atoms with van der Waals surface area (Å²) in [6.07, 6.45) is 9.57. The normalized spacial score (nSPS) is 27.7. The van der Waals surface area contributed by atoms with Gasteiger partial charge in [0.1, 0.15) is 4.90 Å². The van der Waals surface area contributed by atoms with Crippen LogP contribution in [0.3, 0.4) is 0 Å². The quantitative estimate of drug-likeness (QED) is 0.895. The highest BCUT2D eigenvalue weighted by Gasteiger charge is 2.56. The van der Waals surface area contributed by atoms with Crippen molar-refractivity contribution in [2.75, 3.05) is 6.61 Å². The zero-order valence-electron chi connectivity index (χ0n) is 13.3. The number of ether oxygens (including phenoxy) is 1. The first-order valence-electron chi connectivity index (χ1n) is 8.10. The third-order valence-electron chi connectivity index (χ3n) is 5.23. The molecule has 1 heterocycles. The molecule has 1 aromatic rings. The Morgan fingerprint density at radius 1 is 1.41 bits per heavy atom. The maximum atomic E-state index is 12.5. The molecule has 0 aromatic carbocycles. The van der Waals surface area contributed by atoms with Crippen molar-refractivity contribution < 1.29 is 13.2 Å². The van der Waals surface area contributed by atoms with Crippen molar-refractivity contribution in [1.29, 1.82) is 0 Å². The summed E-state index contributed by atoms with van der Waals surface area (Å²) >= 11 is 0. The molecule has 2 fully saturated rings. The predicted octanol–water partition coefficient (Wildman–Crippen LogP) is 1.83. The van der Waals surface area contributed by atoms with Crippen LogP contribution < -0.4 is 4.72 Å². The Bertz CT molecular complexity index is 620. The molecule has 1 aromatic heterocycles. The summed E-state index contributed by atoms with van der Waals surface area (Å²) in [6.45, 7) is 2.69. The van der Waals surface area contributed by atoms with Gasteiger partial charge in [-0.3, -0.25) is 4.68 Å². The second kappa shape index (κ2) is 5.94. The third kappa shape index (κ3) is 2.70. The first-order valence-corrected chi connectivity index (χ1v) is 9.59. The molecule has 0 radical (unpaired) electrons. The molecule has 1 spiro atoms. The van der Waals surface area contributed by atoms with Gasteiger partial charge in [-0.2, -0.15) is 5.10 Å². The van der Waals surface area contributed by atoms with Gasteiger partial charge in [0.2, 0.25) is 10.0 Å². The summed E-state index contributed by atoms with van der Waals surface area (Å²) in [6, 6.07) is -0.0189. The van der Waals surface area contributed by atoms with E-state index in [4.69, 9.17) is 4.74 Å². The number of aryl methyl sites for hydroxylation is 1. The second-order valence-corrected chi connectivity index (χ2v) is 8.21. The standard InChI is InChI=1S/C15H25N3O3S/c1-3-21-14-9-13(15(14)7-5-4-6-8-15)17-22(19,20)12-10-16-18(2)11-12/h10-11,13-14,17H,3-9H2,1-2H3/t13-,14-/m1/s1. The Kier molecular flexibility index (Phi) is 4.31. The van der Waals surface area contributed by atoms with E-state index in [9.17, 15) is 8.42 Å². The minimum Gasteiger partial charge on any atom is -0.378 e. The van der Waals surface area contributed by atoms with E-state index < -0.39 is 10.0 Å². The largest absolute Gasteiger partial charge is 0.378 e. The SMILES string of the molecule is CCO[C@@H]1C[C@@H](NS(=O)(=O)c2cnn(C)c2)C12CCCCC2. The van der Waals surface area contributed by atoms with E-state index in [1.807, 2.05) is 6.92 Å². The highest BCUT2D eigenvalue weighted by molar-refractivity contribution is 7.89. The number of nitrogens with one attached hydrogen (secondary N) is 1. The van der Waals surface area contributed by atoms with Crippen molar-refractivity contribution in [2.24, 2.45) is 12.5 Å². The van der Waals surface area contributed by atoms with Gasteiger partial charge >= 0.3 is 0 Å². The Morgan fingerprint density at radius 3 is 2.73 bits per heavy atom. The van der Waals surface area contributed by atoms with Crippen molar-refractivity contribution in [2.45, 2.75) is 62.5 Å². The molecule has 2 aliphatic rings. The van der Waals surface area contributed by atoms with E-state index in [2.05, 4.69) is 9.82 Å². The number of rotatable bonds is 5. The third-order valence-corrected chi connectivity index (χ3v) is 6.65. The highest BCUT2D eigenvalue weighted by Crippen LogP contribution is 2.53. The van der Waals surface area contributed by atoms with E-state index in [0.29, 0.717) is 6.61 Å². The van der Waals surface area contributed by atoms with Gasteiger partial charge < -0.3 is 4.74 Å². The lowest BCUT2D eigenvalue weighted by molar-refractivity contribution is -0.144. The number of nitrogens with zero attached hydrogens (tertiary/aromatic N) is 2. The molecule has 0 aliphatic heterocycles. The van der Waals surface area contributed by atoms with E-state index in [-0.39, 0.29) is 22.5 Å². The molecule has 124 valence electrons. The van der Waals surface area contributed by atoms with Crippen LogP contribution in [-0.4, -0.2) is 37.0 Å². The molecule has 0 unspecified atom stereocenters. The first kappa shape index (κ1) is 16.0. The van der Waals surface area contributed by atoms with Gasteiger partial charge in [-0.1, -0.05) is 19.3 Å². The van der Waals surface area contributed by atoms with Crippen molar-refractivity contribution in [3.63, 3.8) is 0 Å². The van der Waals surface area contributed by atoms with Crippen molar-refractivity contribution >= 4 is 10.0 Å². The highest BCUT2D eigenvalue weighted by atomic mass is 32.2. The van der Waals surface area contributed by atoms with Crippen molar-refractivity contribution in [1.82, 2.24) is 14.5 Å². The van der Waals surface area contributed by atoms with Crippen molar-refractivity contribution in [3.8, 4) is 0 Å². The van der Waals surface area contributed by atoms with E-state index >= 15 is 0 Å². The summed E-state index contributed by atoms with van der Waals surface area (Å²) < 4.78 is 35.4. The second-order valence-electron chi connectivity index (χ2n) is 6.50. The summed E-state index contributed by atoms with van der Waals surface area (Å²) in [5.41, 5.74) is -0.0104. The van der Waals surface area contributed by atoms with Crippen LogP contribution in [0.4, 0.5) is 0 Å². The molecule has 0 amide bonds. The molecule has 7 heteroatoms. The number of sulfonamides is 1. The number of aromatic nitrogens is 2. The molecule has 6 nitrogen and oxygen atoms in total. The molecule has 2 atom stereocenters. The predicted molar refractivity (Wildman–Crippen MR) is 82.9 cm³/mol. The van der Waals surface area contributed by atoms with E-state index in [1.54, 1.807) is 7.05 Å². The van der Waals surface area contributed by atoms with E-state index in [0.717, 1.165) is 32.1 Å². The zero-order chi connectivity index (χ0) is 15.8. The van der Waals surface area contributed by atoms with Gasteiger partial charge in [-0.05, 0) is 26.2 Å². The fourth-order valence-corrected chi connectivity index (χ4v) is 5.34. The molecule has 0 bridgehead atoms.